The zero-order valence-electron chi connectivity index (χ0n) is 17.9. The molecular formula is C22H30N2O5S. The van der Waals surface area contributed by atoms with E-state index in [0.29, 0.717) is 24.5 Å². The first-order valence-corrected chi connectivity index (χ1v) is 11.3. The minimum absolute atomic E-state index is 0.162. The van der Waals surface area contributed by atoms with E-state index in [4.69, 9.17) is 9.47 Å². The van der Waals surface area contributed by atoms with Crippen molar-refractivity contribution in [1.82, 2.24) is 9.62 Å². The molecule has 0 saturated heterocycles. The molecule has 164 valence electrons. The zero-order chi connectivity index (χ0) is 22.1. The van der Waals surface area contributed by atoms with Gasteiger partial charge in [0.05, 0.1) is 18.1 Å². The van der Waals surface area contributed by atoms with Crippen LogP contribution in [-0.4, -0.2) is 52.0 Å². The van der Waals surface area contributed by atoms with Gasteiger partial charge in [0, 0.05) is 32.3 Å². The summed E-state index contributed by atoms with van der Waals surface area (Å²) < 4.78 is 37.3. The number of methoxy groups -OCH3 is 1. The summed E-state index contributed by atoms with van der Waals surface area (Å²) >= 11 is 0. The Morgan fingerprint density at radius 3 is 2.27 bits per heavy atom. The number of ether oxygens (including phenoxy) is 2. The molecule has 30 heavy (non-hydrogen) atoms. The number of hydrogen-bond donors (Lipinski definition) is 1. The highest BCUT2D eigenvalue weighted by atomic mass is 32.2. The molecule has 0 aromatic heterocycles. The van der Waals surface area contributed by atoms with Crippen LogP contribution in [0.5, 0.6) is 5.75 Å². The average molecular weight is 435 g/mol. The van der Waals surface area contributed by atoms with Crippen molar-refractivity contribution in [3.05, 3.63) is 59.7 Å². The second kappa shape index (κ2) is 11.1. The molecular weight excluding hydrogens is 404 g/mol. The van der Waals surface area contributed by atoms with E-state index in [1.807, 2.05) is 13.8 Å². The lowest BCUT2D eigenvalue weighted by molar-refractivity contribution is 0.0757. The van der Waals surface area contributed by atoms with Crippen LogP contribution >= 0.6 is 0 Å². The maximum absolute atomic E-state index is 12.7. The standard InChI is InChI=1S/C22H30N2O5S/c1-17(2)29-15-5-14-23-22(25)19-8-6-18(7-9-19)16-24(3)30(26,27)21-12-10-20(28-4)11-13-21/h6-13,17H,5,14-16H2,1-4H3,(H,23,25). The molecule has 0 fully saturated rings. The number of hydrogen-bond acceptors (Lipinski definition) is 5. The van der Waals surface area contributed by atoms with Gasteiger partial charge in [-0.2, -0.15) is 4.31 Å². The quantitative estimate of drug-likeness (QED) is 0.550. The molecule has 0 bridgehead atoms. The molecule has 1 amide bonds. The van der Waals surface area contributed by atoms with Gasteiger partial charge in [-0.3, -0.25) is 4.79 Å². The lowest BCUT2D eigenvalue weighted by atomic mass is 10.1. The van der Waals surface area contributed by atoms with Crippen LogP contribution in [0.2, 0.25) is 0 Å². The summed E-state index contributed by atoms with van der Waals surface area (Å²) in [6.45, 7) is 5.28. The van der Waals surface area contributed by atoms with Gasteiger partial charge in [-0.05, 0) is 62.2 Å². The second-order valence-electron chi connectivity index (χ2n) is 7.16. The Bertz CT molecular complexity index is 910. The van der Waals surface area contributed by atoms with Crippen LogP contribution in [-0.2, 0) is 21.3 Å². The topological polar surface area (TPSA) is 84.9 Å². The molecule has 0 atom stereocenters. The highest BCUT2D eigenvalue weighted by molar-refractivity contribution is 7.89. The third-order valence-electron chi connectivity index (χ3n) is 4.45. The number of rotatable bonds is 11. The van der Waals surface area contributed by atoms with Gasteiger partial charge >= 0.3 is 0 Å². The molecule has 2 aromatic rings. The molecule has 0 aliphatic rings. The summed E-state index contributed by atoms with van der Waals surface area (Å²) in [7, 11) is -0.570. The van der Waals surface area contributed by atoms with Gasteiger partial charge in [-0.1, -0.05) is 12.1 Å². The molecule has 0 saturated carbocycles. The molecule has 0 unspecified atom stereocenters. The number of sulfonamides is 1. The molecule has 0 spiro atoms. The van der Waals surface area contributed by atoms with E-state index in [1.165, 1.54) is 30.6 Å². The average Bonchev–Trinajstić information content (AvgIpc) is 2.73. The van der Waals surface area contributed by atoms with Crippen LogP contribution in [0.1, 0.15) is 36.2 Å². The number of carbonyl (C=O) groups is 1. The molecule has 0 aliphatic carbocycles. The fraction of sp³-hybridized carbons (Fsp3) is 0.409. The summed E-state index contributed by atoms with van der Waals surface area (Å²) in [5.74, 6) is 0.434. The minimum Gasteiger partial charge on any atom is -0.497 e. The van der Waals surface area contributed by atoms with Crippen molar-refractivity contribution >= 4 is 15.9 Å². The van der Waals surface area contributed by atoms with E-state index in [9.17, 15) is 13.2 Å². The number of nitrogens with zero attached hydrogens (tertiary/aromatic N) is 1. The van der Waals surface area contributed by atoms with Crippen LogP contribution < -0.4 is 10.1 Å². The highest BCUT2D eigenvalue weighted by Gasteiger charge is 2.21. The Balaban J connectivity index is 1.91. The van der Waals surface area contributed by atoms with Gasteiger partial charge < -0.3 is 14.8 Å². The van der Waals surface area contributed by atoms with Gasteiger partial charge in [-0.15, -0.1) is 0 Å². The Morgan fingerprint density at radius 1 is 1.07 bits per heavy atom. The van der Waals surface area contributed by atoms with Crippen LogP contribution in [0.3, 0.4) is 0 Å². The van der Waals surface area contributed by atoms with Crippen molar-refractivity contribution in [1.29, 1.82) is 0 Å². The molecule has 2 aromatic carbocycles. The molecule has 7 nitrogen and oxygen atoms in total. The van der Waals surface area contributed by atoms with Crippen molar-refractivity contribution < 1.29 is 22.7 Å². The zero-order valence-corrected chi connectivity index (χ0v) is 18.7. The van der Waals surface area contributed by atoms with E-state index < -0.39 is 10.0 Å². The first kappa shape index (κ1) is 23.9. The van der Waals surface area contributed by atoms with Crippen molar-refractivity contribution in [2.24, 2.45) is 0 Å². The Hall–Kier alpha value is -2.42. The lowest BCUT2D eigenvalue weighted by Gasteiger charge is -2.17. The third-order valence-corrected chi connectivity index (χ3v) is 6.26. The number of benzene rings is 2. The number of carbonyl (C=O) groups excluding carboxylic acids is 1. The Morgan fingerprint density at radius 2 is 1.70 bits per heavy atom. The second-order valence-corrected chi connectivity index (χ2v) is 9.21. The van der Waals surface area contributed by atoms with E-state index in [-0.39, 0.29) is 23.5 Å². The summed E-state index contributed by atoms with van der Waals surface area (Å²) in [4.78, 5) is 12.4. The van der Waals surface area contributed by atoms with Crippen molar-refractivity contribution in [3.63, 3.8) is 0 Å². The van der Waals surface area contributed by atoms with Gasteiger partial charge in [0.1, 0.15) is 5.75 Å². The Kier molecular flexibility index (Phi) is 8.83. The normalized spacial score (nSPS) is 11.7. The highest BCUT2D eigenvalue weighted by Crippen LogP contribution is 2.20. The van der Waals surface area contributed by atoms with Gasteiger partial charge in [0.15, 0.2) is 0 Å². The van der Waals surface area contributed by atoms with Gasteiger partial charge in [-0.25, -0.2) is 8.42 Å². The number of amides is 1. The predicted molar refractivity (Wildman–Crippen MR) is 116 cm³/mol. The smallest absolute Gasteiger partial charge is 0.251 e. The van der Waals surface area contributed by atoms with Crippen molar-refractivity contribution in [3.8, 4) is 5.75 Å². The van der Waals surface area contributed by atoms with E-state index in [2.05, 4.69) is 5.32 Å². The van der Waals surface area contributed by atoms with Crippen LogP contribution in [0.4, 0.5) is 0 Å². The summed E-state index contributed by atoms with van der Waals surface area (Å²) in [5, 5.41) is 2.85. The molecule has 0 heterocycles. The maximum atomic E-state index is 12.7. The predicted octanol–water partition coefficient (Wildman–Crippen LogP) is 3.06. The summed E-state index contributed by atoms with van der Waals surface area (Å²) in [5.41, 5.74) is 1.32. The maximum Gasteiger partial charge on any atom is 0.251 e. The van der Waals surface area contributed by atoms with E-state index >= 15 is 0 Å². The molecule has 0 radical (unpaired) electrons. The fourth-order valence-corrected chi connectivity index (χ4v) is 3.89. The van der Waals surface area contributed by atoms with Crippen LogP contribution in [0, 0.1) is 0 Å². The molecule has 2 rings (SSSR count). The first-order chi connectivity index (χ1) is 14.2. The molecule has 1 N–H and O–H groups in total. The van der Waals surface area contributed by atoms with Crippen molar-refractivity contribution in [2.75, 3.05) is 27.3 Å². The summed E-state index contributed by atoms with van der Waals surface area (Å²) in [6.07, 6.45) is 0.927. The SMILES string of the molecule is COc1ccc(S(=O)(=O)N(C)Cc2ccc(C(=O)NCCCOC(C)C)cc2)cc1. The minimum atomic E-state index is -3.63. The van der Waals surface area contributed by atoms with Crippen molar-refractivity contribution in [2.45, 2.75) is 37.8 Å². The van der Waals surface area contributed by atoms with Gasteiger partial charge in [0.2, 0.25) is 10.0 Å². The van der Waals surface area contributed by atoms with Crippen LogP contribution in [0.15, 0.2) is 53.4 Å². The lowest BCUT2D eigenvalue weighted by Crippen LogP contribution is -2.27. The molecule has 8 heteroatoms. The van der Waals surface area contributed by atoms with Gasteiger partial charge in [0.25, 0.3) is 5.91 Å². The third kappa shape index (κ3) is 6.83. The first-order valence-electron chi connectivity index (χ1n) is 9.83. The van der Waals surface area contributed by atoms with E-state index in [1.54, 1.807) is 36.4 Å². The van der Waals surface area contributed by atoms with Crippen LogP contribution in [0.25, 0.3) is 0 Å². The van der Waals surface area contributed by atoms with E-state index in [0.717, 1.165) is 12.0 Å². The summed E-state index contributed by atoms with van der Waals surface area (Å²) in [6, 6.07) is 13.2. The Labute approximate surface area is 179 Å². The molecule has 0 aliphatic heterocycles. The monoisotopic (exact) mass is 434 g/mol. The largest absolute Gasteiger partial charge is 0.497 e. The number of nitrogens with one attached hydrogen (secondary N) is 1. The fourth-order valence-electron chi connectivity index (χ4n) is 2.73.